The molecule has 4 nitrogen and oxygen atoms in total. The molecule has 0 fully saturated rings. The second-order valence-electron chi connectivity index (χ2n) is 5.88. The number of hydrogen-bond acceptors (Lipinski definition) is 4. The fraction of sp³-hybridized carbons (Fsp3) is 0.273. The molecule has 2 atom stereocenters. The van der Waals surface area contributed by atoms with Gasteiger partial charge in [-0.25, -0.2) is 0 Å². The number of rotatable bonds is 11. The quantitative estimate of drug-likeness (QED) is 0.465. The second-order valence-corrected chi connectivity index (χ2v) is 5.88. The number of aliphatic hydroxyl groups is 2. The van der Waals surface area contributed by atoms with Crippen LogP contribution in [0.25, 0.3) is 0 Å². The third-order valence-electron chi connectivity index (χ3n) is 3.92. The van der Waals surface area contributed by atoms with Gasteiger partial charge in [0.2, 0.25) is 0 Å². The highest BCUT2D eigenvalue weighted by atomic mass is 16.5. The predicted octanol–water partition coefficient (Wildman–Crippen LogP) is 4.36. The van der Waals surface area contributed by atoms with Crippen molar-refractivity contribution in [2.24, 2.45) is 0 Å². The van der Waals surface area contributed by atoms with Crippen LogP contribution in [0.15, 0.2) is 73.8 Å². The van der Waals surface area contributed by atoms with Gasteiger partial charge in [-0.05, 0) is 48.2 Å². The maximum Gasteiger partial charge on any atom is 0.119 e. The van der Waals surface area contributed by atoms with E-state index < -0.39 is 12.2 Å². The molecule has 2 aromatic carbocycles. The fourth-order valence-electron chi connectivity index (χ4n) is 2.41. The van der Waals surface area contributed by atoms with E-state index in [0.717, 1.165) is 24.3 Å². The van der Waals surface area contributed by atoms with Crippen molar-refractivity contribution < 1.29 is 19.7 Å². The van der Waals surface area contributed by atoms with Gasteiger partial charge in [0.25, 0.3) is 0 Å². The van der Waals surface area contributed by atoms with Gasteiger partial charge in [-0.3, -0.25) is 0 Å². The van der Waals surface area contributed by atoms with Crippen LogP contribution in [0.4, 0.5) is 0 Å². The van der Waals surface area contributed by atoms with Crippen molar-refractivity contribution in [2.45, 2.75) is 25.0 Å². The molecule has 0 spiro atoms. The summed E-state index contributed by atoms with van der Waals surface area (Å²) in [5, 5.41) is 20.9. The standard InChI is InChI=1S/C22H26O4/c1-3-5-15-25-19-11-7-17(8-12-19)21(23)22(24)18-9-13-20(14-10-18)26-16-6-4-2/h3-4,7-14,21-24H,1-2,5-6,15-16H2/t21-,22-/m1/s1. The van der Waals surface area contributed by atoms with Gasteiger partial charge in [-0.15, -0.1) is 13.2 Å². The summed E-state index contributed by atoms with van der Waals surface area (Å²) in [6.45, 7) is 8.43. The van der Waals surface area contributed by atoms with E-state index in [1.165, 1.54) is 0 Å². The Balaban J connectivity index is 1.96. The molecular weight excluding hydrogens is 328 g/mol. The number of benzene rings is 2. The average Bonchev–Trinajstić information content (AvgIpc) is 2.68. The zero-order valence-corrected chi connectivity index (χ0v) is 14.9. The first-order chi connectivity index (χ1) is 12.7. The maximum absolute atomic E-state index is 10.4. The highest BCUT2D eigenvalue weighted by Gasteiger charge is 2.20. The van der Waals surface area contributed by atoms with Crippen molar-refractivity contribution in [3.05, 3.63) is 85.0 Å². The molecule has 0 heterocycles. The van der Waals surface area contributed by atoms with E-state index in [0.29, 0.717) is 24.3 Å². The van der Waals surface area contributed by atoms with E-state index in [2.05, 4.69) is 13.2 Å². The number of hydrogen-bond donors (Lipinski definition) is 2. The lowest BCUT2D eigenvalue weighted by molar-refractivity contribution is 0.0172. The summed E-state index contributed by atoms with van der Waals surface area (Å²) in [4.78, 5) is 0. The Labute approximate surface area is 155 Å². The van der Waals surface area contributed by atoms with Crippen molar-refractivity contribution >= 4 is 0 Å². The summed E-state index contributed by atoms with van der Waals surface area (Å²) >= 11 is 0. The summed E-state index contributed by atoms with van der Waals surface area (Å²) < 4.78 is 11.1. The summed E-state index contributed by atoms with van der Waals surface area (Å²) in [5.74, 6) is 1.44. The van der Waals surface area contributed by atoms with Gasteiger partial charge < -0.3 is 19.7 Å². The van der Waals surface area contributed by atoms with Crippen molar-refractivity contribution in [2.75, 3.05) is 13.2 Å². The highest BCUT2D eigenvalue weighted by molar-refractivity contribution is 5.33. The van der Waals surface area contributed by atoms with E-state index in [-0.39, 0.29) is 0 Å². The van der Waals surface area contributed by atoms with Gasteiger partial charge in [0.15, 0.2) is 0 Å². The van der Waals surface area contributed by atoms with Crippen molar-refractivity contribution in [3.8, 4) is 11.5 Å². The second kappa shape index (κ2) is 10.4. The molecule has 0 radical (unpaired) electrons. The minimum Gasteiger partial charge on any atom is -0.493 e. The maximum atomic E-state index is 10.4. The predicted molar refractivity (Wildman–Crippen MR) is 103 cm³/mol. The van der Waals surface area contributed by atoms with E-state index >= 15 is 0 Å². The van der Waals surface area contributed by atoms with Gasteiger partial charge in [-0.1, -0.05) is 36.4 Å². The Bertz CT molecular complexity index is 615. The summed E-state index contributed by atoms with van der Waals surface area (Å²) in [6, 6.07) is 14.1. The Hall–Kier alpha value is -2.56. The summed E-state index contributed by atoms with van der Waals surface area (Å²) in [7, 11) is 0. The van der Waals surface area contributed by atoms with E-state index in [1.807, 2.05) is 0 Å². The lowest BCUT2D eigenvalue weighted by Gasteiger charge is -2.19. The first-order valence-corrected chi connectivity index (χ1v) is 8.69. The van der Waals surface area contributed by atoms with Crippen LogP contribution in [-0.2, 0) is 0 Å². The smallest absolute Gasteiger partial charge is 0.119 e. The van der Waals surface area contributed by atoms with Crippen LogP contribution in [0.5, 0.6) is 11.5 Å². The van der Waals surface area contributed by atoms with Crippen molar-refractivity contribution in [3.63, 3.8) is 0 Å². The fourth-order valence-corrected chi connectivity index (χ4v) is 2.41. The first-order valence-electron chi connectivity index (χ1n) is 8.69. The molecule has 0 saturated carbocycles. The van der Waals surface area contributed by atoms with Crippen LogP contribution in [-0.4, -0.2) is 23.4 Å². The van der Waals surface area contributed by atoms with Crippen LogP contribution in [0.2, 0.25) is 0 Å². The number of ether oxygens (including phenoxy) is 2. The molecule has 0 saturated heterocycles. The third kappa shape index (κ3) is 5.76. The van der Waals surface area contributed by atoms with Gasteiger partial charge in [0.1, 0.15) is 23.7 Å². The molecule has 0 bridgehead atoms. The minimum atomic E-state index is -1.02. The van der Waals surface area contributed by atoms with Gasteiger partial charge in [-0.2, -0.15) is 0 Å². The number of aliphatic hydroxyl groups excluding tert-OH is 2. The minimum absolute atomic E-state index is 0.565. The molecule has 2 N–H and O–H groups in total. The van der Waals surface area contributed by atoms with Gasteiger partial charge in [0.05, 0.1) is 13.2 Å². The molecule has 2 aromatic rings. The molecule has 0 amide bonds. The van der Waals surface area contributed by atoms with Crippen LogP contribution >= 0.6 is 0 Å². The lowest BCUT2D eigenvalue weighted by Crippen LogP contribution is -2.10. The molecule has 0 aromatic heterocycles. The Morgan fingerprint density at radius 1 is 0.692 bits per heavy atom. The Morgan fingerprint density at radius 3 is 1.35 bits per heavy atom. The van der Waals surface area contributed by atoms with Crippen molar-refractivity contribution in [1.82, 2.24) is 0 Å². The monoisotopic (exact) mass is 354 g/mol. The molecule has 0 unspecified atom stereocenters. The largest absolute Gasteiger partial charge is 0.493 e. The van der Waals surface area contributed by atoms with E-state index in [9.17, 15) is 10.2 Å². The molecule has 4 heteroatoms. The normalized spacial score (nSPS) is 12.8. The zero-order chi connectivity index (χ0) is 18.8. The molecular formula is C22H26O4. The summed E-state index contributed by atoms with van der Waals surface area (Å²) in [5.41, 5.74) is 1.25. The SMILES string of the molecule is C=CCCOc1ccc([C@@H](O)[C@H](O)c2ccc(OCCC=C)cc2)cc1. The van der Waals surface area contributed by atoms with Crippen LogP contribution < -0.4 is 9.47 Å². The molecule has 138 valence electrons. The third-order valence-corrected chi connectivity index (χ3v) is 3.92. The van der Waals surface area contributed by atoms with E-state index in [4.69, 9.17) is 9.47 Å². The van der Waals surface area contributed by atoms with Crippen LogP contribution in [0.3, 0.4) is 0 Å². The zero-order valence-electron chi connectivity index (χ0n) is 14.9. The van der Waals surface area contributed by atoms with Crippen molar-refractivity contribution in [1.29, 1.82) is 0 Å². The molecule has 26 heavy (non-hydrogen) atoms. The molecule has 0 aliphatic rings. The topological polar surface area (TPSA) is 58.9 Å². The van der Waals surface area contributed by atoms with E-state index in [1.54, 1.807) is 60.7 Å². The average molecular weight is 354 g/mol. The van der Waals surface area contributed by atoms with Crippen LogP contribution in [0, 0.1) is 0 Å². The molecule has 2 rings (SSSR count). The lowest BCUT2D eigenvalue weighted by atomic mass is 9.98. The highest BCUT2D eigenvalue weighted by Crippen LogP contribution is 2.30. The van der Waals surface area contributed by atoms with Gasteiger partial charge >= 0.3 is 0 Å². The summed E-state index contributed by atoms with van der Waals surface area (Å²) in [6.07, 6.45) is 3.09. The Morgan fingerprint density at radius 2 is 1.04 bits per heavy atom. The van der Waals surface area contributed by atoms with Crippen LogP contribution in [0.1, 0.15) is 36.2 Å². The Kier molecular flexibility index (Phi) is 7.93. The molecule has 0 aliphatic heterocycles. The van der Waals surface area contributed by atoms with Gasteiger partial charge in [0, 0.05) is 0 Å². The first kappa shape index (κ1) is 19.8. The molecule has 0 aliphatic carbocycles.